The Morgan fingerprint density at radius 2 is 1.97 bits per heavy atom. The van der Waals surface area contributed by atoms with Crippen LogP contribution in [-0.2, 0) is 11.4 Å². The van der Waals surface area contributed by atoms with E-state index in [-0.39, 0.29) is 23.7 Å². The minimum atomic E-state index is -0.302. The Morgan fingerprint density at radius 3 is 2.68 bits per heavy atom. The Bertz CT molecular complexity index is 1110. The number of carbonyl (C=O) groups excluding carboxylic acids is 1. The van der Waals surface area contributed by atoms with Crippen LogP contribution in [0.2, 0.25) is 5.02 Å². The highest BCUT2D eigenvalue weighted by atomic mass is 127. The number of nitrogens with zero attached hydrogens (tertiary/aromatic N) is 1. The Hall–Kier alpha value is -1.97. The SMILES string of the molecule is COc1cc([C@@H]2SCC(=O)N2c2ccc(Cl)cc2)cc(I)c1OCc1cccc(F)c1. The number of amides is 1. The Morgan fingerprint density at radius 1 is 1.19 bits per heavy atom. The molecule has 1 fully saturated rings. The van der Waals surface area contributed by atoms with Crippen LogP contribution < -0.4 is 14.4 Å². The summed E-state index contributed by atoms with van der Waals surface area (Å²) in [5.41, 5.74) is 2.46. The molecule has 3 aromatic rings. The van der Waals surface area contributed by atoms with Gasteiger partial charge in [0.1, 0.15) is 17.8 Å². The maximum atomic E-state index is 13.5. The minimum absolute atomic E-state index is 0.0396. The number of hydrogen-bond acceptors (Lipinski definition) is 4. The average Bonchev–Trinajstić information content (AvgIpc) is 3.14. The third kappa shape index (κ3) is 4.94. The lowest BCUT2D eigenvalue weighted by atomic mass is 10.1. The van der Waals surface area contributed by atoms with Crippen LogP contribution in [0, 0.1) is 9.39 Å². The van der Waals surface area contributed by atoms with Crippen LogP contribution >= 0.6 is 46.0 Å². The van der Waals surface area contributed by atoms with Gasteiger partial charge >= 0.3 is 0 Å². The van der Waals surface area contributed by atoms with Crippen LogP contribution in [0.25, 0.3) is 0 Å². The second-order valence-electron chi connectivity index (χ2n) is 6.86. The van der Waals surface area contributed by atoms with Gasteiger partial charge in [-0.2, -0.15) is 0 Å². The monoisotopic (exact) mass is 569 g/mol. The van der Waals surface area contributed by atoms with E-state index in [2.05, 4.69) is 22.6 Å². The van der Waals surface area contributed by atoms with Crippen molar-refractivity contribution in [2.24, 2.45) is 0 Å². The lowest BCUT2D eigenvalue weighted by Crippen LogP contribution is -2.27. The standard InChI is InChI=1S/C23H18ClFINO3S/c1-29-20-11-15(10-19(26)22(20)30-12-14-3-2-4-17(25)9-14)23-27(21(28)13-31-23)18-7-5-16(24)6-8-18/h2-11,23H,12-13H2,1H3/t23-/m0/s1. The predicted molar refractivity (Wildman–Crippen MR) is 131 cm³/mol. The van der Waals surface area contributed by atoms with Crippen molar-refractivity contribution in [3.05, 3.63) is 86.2 Å². The molecule has 1 saturated heterocycles. The van der Waals surface area contributed by atoms with Gasteiger partial charge in [0.25, 0.3) is 0 Å². The molecule has 1 aliphatic heterocycles. The van der Waals surface area contributed by atoms with Gasteiger partial charge < -0.3 is 9.47 Å². The van der Waals surface area contributed by atoms with E-state index in [0.29, 0.717) is 22.3 Å². The molecular formula is C23H18ClFINO3S. The molecule has 0 N–H and O–H groups in total. The van der Waals surface area contributed by atoms with E-state index in [1.54, 1.807) is 42.0 Å². The second-order valence-corrected chi connectivity index (χ2v) is 9.52. The molecule has 0 bridgehead atoms. The molecule has 1 aliphatic rings. The molecule has 0 saturated carbocycles. The van der Waals surface area contributed by atoms with Crippen molar-refractivity contribution in [1.29, 1.82) is 0 Å². The van der Waals surface area contributed by atoms with Crippen molar-refractivity contribution in [1.82, 2.24) is 0 Å². The highest BCUT2D eigenvalue weighted by Gasteiger charge is 2.35. The number of rotatable bonds is 6. The molecule has 4 nitrogen and oxygen atoms in total. The molecule has 31 heavy (non-hydrogen) atoms. The van der Waals surface area contributed by atoms with Crippen molar-refractivity contribution in [3.63, 3.8) is 0 Å². The van der Waals surface area contributed by atoms with Crippen LogP contribution in [0.15, 0.2) is 60.7 Å². The highest BCUT2D eigenvalue weighted by molar-refractivity contribution is 14.1. The van der Waals surface area contributed by atoms with Crippen LogP contribution in [0.1, 0.15) is 16.5 Å². The molecular weight excluding hydrogens is 552 g/mol. The number of carbonyl (C=O) groups is 1. The van der Waals surface area contributed by atoms with Gasteiger partial charge in [-0.15, -0.1) is 11.8 Å². The summed E-state index contributed by atoms with van der Waals surface area (Å²) in [5, 5.41) is 0.434. The van der Waals surface area contributed by atoms with Gasteiger partial charge in [-0.3, -0.25) is 9.69 Å². The topological polar surface area (TPSA) is 38.8 Å². The third-order valence-corrected chi connectivity index (χ3v) is 7.05. The normalized spacial score (nSPS) is 15.9. The number of thioether (sulfide) groups is 1. The second kappa shape index (κ2) is 9.67. The summed E-state index contributed by atoms with van der Waals surface area (Å²) >= 11 is 9.76. The van der Waals surface area contributed by atoms with Crippen LogP contribution in [0.5, 0.6) is 11.5 Å². The maximum Gasteiger partial charge on any atom is 0.238 e. The molecule has 3 aromatic carbocycles. The number of halogens is 3. The predicted octanol–water partition coefficient (Wildman–Crippen LogP) is 6.45. The van der Waals surface area contributed by atoms with Crippen molar-refractivity contribution >= 4 is 57.5 Å². The fraction of sp³-hybridized carbons (Fsp3) is 0.174. The number of hydrogen-bond donors (Lipinski definition) is 0. The molecule has 4 rings (SSSR count). The van der Waals surface area contributed by atoms with E-state index in [4.69, 9.17) is 21.1 Å². The Kier molecular flexibility index (Phi) is 6.93. The summed E-state index contributed by atoms with van der Waals surface area (Å²) < 4.78 is 25.8. The van der Waals surface area contributed by atoms with Gasteiger partial charge in [-0.1, -0.05) is 23.7 Å². The summed E-state index contributed by atoms with van der Waals surface area (Å²) in [4.78, 5) is 14.4. The fourth-order valence-electron chi connectivity index (χ4n) is 3.36. The first kappa shape index (κ1) is 22.2. The summed E-state index contributed by atoms with van der Waals surface area (Å²) in [6, 6.07) is 17.4. The molecule has 0 radical (unpaired) electrons. The van der Waals surface area contributed by atoms with Gasteiger partial charge in [-0.05, 0) is 82.2 Å². The molecule has 0 aromatic heterocycles. The van der Waals surface area contributed by atoms with E-state index < -0.39 is 0 Å². The zero-order valence-electron chi connectivity index (χ0n) is 16.5. The van der Waals surface area contributed by atoms with Crippen molar-refractivity contribution in [2.75, 3.05) is 17.8 Å². The number of ether oxygens (including phenoxy) is 2. The molecule has 160 valence electrons. The number of anilines is 1. The minimum Gasteiger partial charge on any atom is -0.493 e. The molecule has 1 heterocycles. The summed E-state index contributed by atoms with van der Waals surface area (Å²) in [7, 11) is 1.58. The van der Waals surface area contributed by atoms with Crippen LogP contribution in [-0.4, -0.2) is 18.8 Å². The van der Waals surface area contributed by atoms with Crippen molar-refractivity contribution in [3.8, 4) is 11.5 Å². The van der Waals surface area contributed by atoms with Gasteiger partial charge in [-0.25, -0.2) is 4.39 Å². The molecule has 0 spiro atoms. The van der Waals surface area contributed by atoms with Gasteiger partial charge in [0.05, 0.1) is 16.4 Å². The molecule has 0 unspecified atom stereocenters. The Labute approximate surface area is 202 Å². The first-order valence-corrected chi connectivity index (χ1v) is 11.9. The molecule has 1 amide bonds. The van der Waals surface area contributed by atoms with Gasteiger partial charge in [0.2, 0.25) is 5.91 Å². The quantitative estimate of drug-likeness (QED) is 0.320. The average molecular weight is 570 g/mol. The smallest absolute Gasteiger partial charge is 0.238 e. The fourth-order valence-corrected chi connectivity index (χ4v) is 5.42. The van der Waals surface area contributed by atoms with Crippen molar-refractivity contribution < 1.29 is 18.7 Å². The lowest BCUT2D eigenvalue weighted by molar-refractivity contribution is -0.115. The van der Waals surface area contributed by atoms with Crippen LogP contribution in [0.3, 0.4) is 0 Å². The molecule has 1 atom stereocenters. The largest absolute Gasteiger partial charge is 0.493 e. The van der Waals surface area contributed by atoms with E-state index in [1.165, 1.54) is 12.1 Å². The zero-order chi connectivity index (χ0) is 22.0. The first-order chi connectivity index (χ1) is 15.0. The lowest BCUT2D eigenvalue weighted by Gasteiger charge is -2.25. The highest BCUT2D eigenvalue weighted by Crippen LogP contribution is 2.45. The summed E-state index contributed by atoms with van der Waals surface area (Å²) in [6.07, 6.45) is 0. The van der Waals surface area contributed by atoms with E-state index >= 15 is 0 Å². The number of benzene rings is 3. The molecule has 0 aliphatic carbocycles. The number of methoxy groups -OCH3 is 1. The summed E-state index contributed by atoms with van der Waals surface area (Å²) in [5.74, 6) is 1.28. The van der Waals surface area contributed by atoms with Gasteiger partial charge in [0, 0.05) is 10.7 Å². The third-order valence-electron chi connectivity index (χ3n) is 4.78. The maximum absolute atomic E-state index is 13.5. The van der Waals surface area contributed by atoms with E-state index in [0.717, 1.165) is 20.4 Å². The zero-order valence-corrected chi connectivity index (χ0v) is 20.2. The van der Waals surface area contributed by atoms with E-state index in [1.807, 2.05) is 30.3 Å². The van der Waals surface area contributed by atoms with Crippen LogP contribution in [0.4, 0.5) is 10.1 Å². The molecule has 8 heteroatoms. The van der Waals surface area contributed by atoms with E-state index in [9.17, 15) is 9.18 Å². The van der Waals surface area contributed by atoms with Gasteiger partial charge in [0.15, 0.2) is 11.5 Å². The van der Waals surface area contributed by atoms with Crippen molar-refractivity contribution in [2.45, 2.75) is 12.0 Å². The summed E-state index contributed by atoms with van der Waals surface area (Å²) in [6.45, 7) is 0.219. The first-order valence-electron chi connectivity index (χ1n) is 9.40. The Balaban J connectivity index is 1.62.